The van der Waals surface area contributed by atoms with Gasteiger partial charge in [-0.05, 0) is 161 Å². The summed E-state index contributed by atoms with van der Waals surface area (Å²) in [5.41, 5.74) is 26.9. The number of hydrogen-bond donors (Lipinski definition) is 8. The van der Waals surface area contributed by atoms with Crippen LogP contribution in [0.3, 0.4) is 0 Å². The maximum atomic E-state index is 13.2. The first kappa shape index (κ1) is 84.8. The molecule has 544 valence electrons. The van der Waals surface area contributed by atoms with E-state index in [1.165, 1.54) is 31.7 Å². The summed E-state index contributed by atoms with van der Waals surface area (Å²) < 4.78 is 33.3. The monoisotopic (exact) mass is 1740 g/mol. The Morgan fingerprint density at radius 1 is 0.542 bits per heavy atom. The molecule has 3 aliphatic carbocycles. The zero-order valence-electron chi connectivity index (χ0n) is 63.7. The van der Waals surface area contributed by atoms with E-state index >= 15 is 0 Å². The molecule has 107 heavy (non-hydrogen) atoms. The molecule has 6 aliphatic rings. The molecule has 18 nitrogen and oxygen atoms in total. The fourth-order valence-corrected chi connectivity index (χ4v) is 15.8. The topological polar surface area (TPSA) is 269 Å². The quantitative estimate of drug-likeness (QED) is 0.0142. The second kappa shape index (κ2) is 39.6. The van der Waals surface area contributed by atoms with Gasteiger partial charge in [0.15, 0.2) is 2.82 Å². The first-order valence-corrected chi connectivity index (χ1v) is 35.8. The molecule has 0 saturated carbocycles. The third-order valence-electron chi connectivity index (χ3n) is 19.5. The molecule has 6 heterocycles. The molecule has 8 N–H and O–H groups in total. The number of aromatic amines is 3. The second-order valence-corrected chi connectivity index (χ2v) is 25.0. The largest absolute Gasteiger partial charge is 1.00 e. The van der Waals surface area contributed by atoms with E-state index in [-0.39, 0.29) is 156 Å². The maximum absolute atomic E-state index is 13.2. The van der Waals surface area contributed by atoms with Crippen molar-refractivity contribution in [2.45, 2.75) is 125 Å². The molecule has 24 heteroatoms. The van der Waals surface area contributed by atoms with E-state index in [2.05, 4.69) is 125 Å². The number of aliphatic hydroxyl groups excluding tert-OH is 2. The van der Waals surface area contributed by atoms with Crippen LogP contribution in [0.25, 0.3) is 98.8 Å². The van der Waals surface area contributed by atoms with Crippen molar-refractivity contribution in [3.05, 3.63) is 223 Å². The number of H-pyrrole nitrogens is 3. The number of nitrogens with one attached hydrogen (secondary N) is 6. The molecule has 4 unspecified atom stereocenters. The molecule has 3 aromatic heterocycles. The molecule has 6 radical (unpaired) electrons. The van der Waals surface area contributed by atoms with Crippen molar-refractivity contribution >= 4 is 134 Å². The third-order valence-corrected chi connectivity index (χ3v) is 19.5. The van der Waals surface area contributed by atoms with Crippen molar-refractivity contribution in [3.8, 4) is 33.4 Å². The molecular weight excluding hydrogens is 1660 g/mol. The number of carbonyl (C=O) groups is 5. The van der Waals surface area contributed by atoms with E-state index in [0.29, 0.717) is 63.9 Å². The van der Waals surface area contributed by atoms with Crippen LogP contribution in [-0.2, 0) is 112 Å². The zero-order valence-corrected chi connectivity index (χ0v) is 72.9. The Kier molecular flexibility index (Phi) is 31.4. The molecule has 3 aliphatic heterocycles. The normalized spacial score (nSPS) is 14.9. The first-order chi connectivity index (χ1) is 51.1. The van der Waals surface area contributed by atoms with Gasteiger partial charge in [0.05, 0.1) is 81.0 Å². The van der Waals surface area contributed by atoms with E-state index < -0.39 is 12.2 Å². The van der Waals surface area contributed by atoms with Crippen LogP contribution < -0.4 is 90.1 Å². The minimum absolute atomic E-state index is 0. The SMILES string of the molecule is CC=O.CCOCc1ccc2[nH]c3c4c(c5c(c3c2c1)CNC5=O)-c1ccccc1C4C(C)O.O=CO[O-].[2H]N1Cc2c(c3c(c4[nH]c5ccc(COCC)cc5c24)C(C(C)O)c2ccccc2-3)C1=O.[2H]N1Cc2c(c3c(c4[nH]c5ccc(COCC)cc5c24)Cc2ccccc2-3)C1=O.[B]C.[B]C.[CH2-]I.[CH3-].[Cs+].[V].[V]. The molecule has 0 spiro atoms. The smallest absolute Gasteiger partial charge is 0.662 e. The summed E-state index contributed by atoms with van der Waals surface area (Å²) >= 11 is 1.90. The maximum Gasteiger partial charge on any atom is 1.00 e. The molecule has 3 amide bonds. The van der Waals surface area contributed by atoms with Crippen LogP contribution in [0.5, 0.6) is 0 Å². The average Bonchev–Trinajstić information content (AvgIpc) is 1.55. The Labute approximate surface area is 725 Å². The minimum atomic E-state index is -0.623. The molecule has 12 aromatic rings. The van der Waals surface area contributed by atoms with E-state index in [4.69, 9.17) is 31.9 Å². The van der Waals surface area contributed by atoms with Crippen LogP contribution in [0.15, 0.2) is 127 Å². The number of rotatable bonds is 12. The Bertz CT molecular complexity index is 5350. The van der Waals surface area contributed by atoms with Gasteiger partial charge in [0.1, 0.15) is 6.29 Å². The summed E-state index contributed by atoms with van der Waals surface area (Å²) in [4.78, 5) is 73.3. The van der Waals surface area contributed by atoms with Crippen LogP contribution in [-0.4, -0.2) is 103 Å². The van der Waals surface area contributed by atoms with Gasteiger partial charge in [0.2, 0.25) is 0 Å². The number of ether oxygens (including phenoxy) is 3. The summed E-state index contributed by atoms with van der Waals surface area (Å²) in [7, 11) is 9.00. The Morgan fingerprint density at radius 2 is 0.888 bits per heavy atom. The summed E-state index contributed by atoms with van der Waals surface area (Å²) in [5, 5.41) is 41.6. The molecular formula is C83H84B2CsIN6O12V2-2. The van der Waals surface area contributed by atoms with Crippen molar-refractivity contribution in [3.63, 3.8) is 0 Å². The molecule has 18 rings (SSSR count). The van der Waals surface area contributed by atoms with Crippen LogP contribution in [0, 0.1) is 12.4 Å². The number of aldehydes is 1. The van der Waals surface area contributed by atoms with Crippen molar-refractivity contribution in [2.24, 2.45) is 0 Å². The Balaban J connectivity index is 0.000000207. The number of aliphatic hydroxyl groups is 2. The zero-order chi connectivity index (χ0) is 75.2. The van der Waals surface area contributed by atoms with Crippen molar-refractivity contribution < 1.29 is 167 Å². The van der Waals surface area contributed by atoms with Gasteiger partial charge < -0.3 is 100 Å². The Hall–Kier alpha value is -6.23. The van der Waals surface area contributed by atoms with Gasteiger partial charge in [-0.3, -0.25) is 24.1 Å². The summed E-state index contributed by atoms with van der Waals surface area (Å²) in [6.07, 6.45) is 0.356. The number of benzene rings is 9. The predicted molar refractivity (Wildman–Crippen MR) is 421 cm³/mol. The van der Waals surface area contributed by atoms with Crippen LogP contribution in [0.1, 0.15) is 151 Å². The average molecular weight is 1740 g/mol. The second-order valence-electron chi connectivity index (χ2n) is 25.0. The van der Waals surface area contributed by atoms with Crippen LogP contribution >= 0.6 is 22.6 Å². The van der Waals surface area contributed by atoms with Crippen LogP contribution in [0.2, 0.25) is 16.5 Å². The number of hydrogen-bond acceptors (Lipinski definition) is 12. The van der Waals surface area contributed by atoms with Gasteiger partial charge >= 0.3 is 68.9 Å². The summed E-state index contributed by atoms with van der Waals surface area (Å²) in [6, 6.07) is 43.3. The van der Waals surface area contributed by atoms with Crippen LogP contribution in [0.4, 0.5) is 0 Å². The minimum Gasteiger partial charge on any atom is -0.662 e. The standard InChI is InChI=1S/2C26H24N2O3.C24H20N2O2.C2H4O.2CH3B.CH2I.CH2O3.CH3.Cs.2V/c2*1-3-31-12-14-8-9-19-17(10-14)21-18-11-27-26(30)23(18)22-16-7-5-4-6-15(16)20(13(2)29)24(22)25(21)28-19;1-2-28-12-13-7-8-19-16(9-13)21-18-11-25-24(27)22(18)20-15-6-4-3-5-14(15)10-17(20)23(21)26-19;1-2-3;3*1-2;2-1-4-3;;;;/h2*4-10,13,20,28-29H,3,11-12H2,1-2H3,(H,27,30);3-9,26H,2,10-12H2,1H3,(H,25,27);2H,1H3;2*1H3;1H2;1,3H;1H3;;;/q;;;;;;-1;;-1;+1;;/p-1/i/hD2. The molecule has 0 fully saturated rings. The van der Waals surface area contributed by atoms with Gasteiger partial charge in [0, 0.05) is 160 Å². The molecule has 9 aromatic carbocycles. The predicted octanol–water partition coefficient (Wildman–Crippen LogP) is 11.6. The number of fused-ring (bicyclic) bond motifs is 30. The Morgan fingerprint density at radius 3 is 1.28 bits per heavy atom. The summed E-state index contributed by atoms with van der Waals surface area (Å²) in [5.74, 6) is -0.927. The number of amides is 3. The van der Waals surface area contributed by atoms with E-state index in [9.17, 15) is 24.6 Å². The van der Waals surface area contributed by atoms with Gasteiger partial charge in [-0.25, -0.2) is 0 Å². The third kappa shape index (κ3) is 16.3. The molecule has 4 atom stereocenters. The van der Waals surface area contributed by atoms with Crippen molar-refractivity contribution in [1.82, 2.24) is 30.9 Å². The van der Waals surface area contributed by atoms with E-state index in [0.717, 1.165) is 183 Å². The first-order valence-electron chi connectivity index (χ1n) is 35.2. The van der Waals surface area contributed by atoms with Crippen molar-refractivity contribution in [1.29, 1.82) is 0 Å². The number of halogens is 1. The van der Waals surface area contributed by atoms with Gasteiger partial charge in [-0.2, -0.15) is 0 Å². The summed E-state index contributed by atoms with van der Waals surface area (Å²) in [6.45, 7) is 18.6. The van der Waals surface area contributed by atoms with Gasteiger partial charge in [-0.1, -0.05) is 105 Å². The van der Waals surface area contributed by atoms with Gasteiger partial charge in [0.25, 0.3) is 24.2 Å². The molecule has 0 bridgehead atoms. The van der Waals surface area contributed by atoms with E-state index in [1.54, 1.807) is 6.92 Å². The fourth-order valence-electron chi connectivity index (χ4n) is 15.8. The molecule has 0 saturated heterocycles. The fraction of sp³-hybridized carbons (Fsp3) is 0.265. The number of carbonyl (C=O) groups excluding carboxylic acids is 5. The number of aromatic nitrogens is 3. The van der Waals surface area contributed by atoms with Gasteiger partial charge in [-0.15, -0.1) is 0 Å². The van der Waals surface area contributed by atoms with E-state index in [1.807, 2.05) is 98.8 Å². The van der Waals surface area contributed by atoms with Crippen molar-refractivity contribution in [2.75, 3.05) is 19.8 Å².